The molecule has 2 aromatic rings. The highest BCUT2D eigenvalue weighted by atomic mass is 35.5. The summed E-state index contributed by atoms with van der Waals surface area (Å²) in [5, 5.41) is 5.12. The number of rotatable bonds is 4. The molecule has 1 saturated carbocycles. The van der Waals surface area contributed by atoms with E-state index in [-0.39, 0.29) is 6.79 Å². The van der Waals surface area contributed by atoms with E-state index in [4.69, 9.17) is 21.1 Å². The zero-order valence-corrected chi connectivity index (χ0v) is 13.2. The van der Waals surface area contributed by atoms with E-state index in [1.54, 1.807) is 0 Å². The summed E-state index contributed by atoms with van der Waals surface area (Å²) < 4.78 is 10.8. The maximum atomic E-state index is 6.33. The van der Waals surface area contributed by atoms with Crippen molar-refractivity contribution in [3.63, 3.8) is 0 Å². The first-order valence-electron chi connectivity index (χ1n) is 7.89. The lowest BCUT2D eigenvalue weighted by Crippen LogP contribution is -2.21. The lowest BCUT2D eigenvalue weighted by Gasteiger charge is -2.12. The molecule has 0 atom stereocenters. The van der Waals surface area contributed by atoms with Gasteiger partial charge < -0.3 is 14.8 Å². The van der Waals surface area contributed by atoms with E-state index < -0.39 is 0 Å². The lowest BCUT2D eigenvalue weighted by atomic mass is 10.1. The minimum atomic E-state index is 0.273. The third-order valence-corrected chi connectivity index (χ3v) is 4.89. The van der Waals surface area contributed by atoms with Crippen LogP contribution in [0, 0.1) is 5.92 Å². The molecule has 116 valence electrons. The summed E-state index contributed by atoms with van der Waals surface area (Å²) in [5.74, 6) is 2.34. The summed E-state index contributed by atoms with van der Waals surface area (Å²) >= 11 is 6.33. The third kappa shape index (κ3) is 2.73. The summed E-state index contributed by atoms with van der Waals surface area (Å²) in [6, 6.07) is 5.95. The molecule has 1 N–H and O–H groups in total. The van der Waals surface area contributed by atoms with Gasteiger partial charge in [0.15, 0.2) is 11.5 Å². The highest BCUT2D eigenvalue weighted by Crippen LogP contribution is 2.36. The van der Waals surface area contributed by atoms with Gasteiger partial charge in [-0.3, -0.25) is 0 Å². The number of hydrogen-bond donors (Lipinski definition) is 1. The molecule has 0 bridgehead atoms. The monoisotopic (exact) mass is 318 g/mol. The molecule has 2 heterocycles. The van der Waals surface area contributed by atoms with E-state index in [0.717, 1.165) is 47.0 Å². The Hall–Kier alpha value is -1.52. The van der Waals surface area contributed by atoms with Gasteiger partial charge in [0.2, 0.25) is 6.79 Å². The summed E-state index contributed by atoms with van der Waals surface area (Å²) in [6.45, 7) is 2.09. The number of hydrogen-bond acceptors (Lipinski definition) is 4. The number of benzene rings is 1. The lowest BCUT2D eigenvalue weighted by molar-refractivity contribution is 0.174. The van der Waals surface area contributed by atoms with Crippen molar-refractivity contribution in [3.8, 4) is 11.5 Å². The second kappa shape index (κ2) is 5.94. The minimum Gasteiger partial charge on any atom is -0.454 e. The van der Waals surface area contributed by atoms with Crippen LogP contribution in [0.4, 0.5) is 0 Å². The largest absolute Gasteiger partial charge is 0.454 e. The topological polar surface area (TPSA) is 43.4 Å². The van der Waals surface area contributed by atoms with Crippen molar-refractivity contribution in [3.05, 3.63) is 28.9 Å². The molecule has 1 aromatic carbocycles. The maximum absolute atomic E-state index is 6.33. The Bertz CT molecular complexity index is 699. The zero-order valence-electron chi connectivity index (χ0n) is 12.4. The standard InChI is InChI=1S/C17H19ClN2O2/c18-17-13(9-19-8-11-3-1-2-4-11)5-12-6-15-16(22-10-21-15)7-14(12)20-17/h5-7,11,19H,1-4,8-10H2. The summed E-state index contributed by atoms with van der Waals surface area (Å²) in [6.07, 6.45) is 5.44. The van der Waals surface area contributed by atoms with Gasteiger partial charge in [0, 0.05) is 23.6 Å². The fourth-order valence-electron chi connectivity index (χ4n) is 3.33. The number of fused-ring (bicyclic) bond motifs is 2. The Labute approximate surface area is 134 Å². The summed E-state index contributed by atoms with van der Waals surface area (Å²) in [5.41, 5.74) is 1.87. The number of halogens is 1. The Morgan fingerprint density at radius 3 is 2.73 bits per heavy atom. The molecular formula is C17H19ClN2O2. The van der Waals surface area contributed by atoms with Crippen molar-refractivity contribution in [1.29, 1.82) is 0 Å². The molecule has 1 aliphatic heterocycles. The Morgan fingerprint density at radius 2 is 1.91 bits per heavy atom. The van der Waals surface area contributed by atoms with Crippen LogP contribution in [0.1, 0.15) is 31.2 Å². The molecule has 1 aromatic heterocycles. The van der Waals surface area contributed by atoms with Gasteiger partial charge in [-0.1, -0.05) is 24.4 Å². The van der Waals surface area contributed by atoms with Crippen LogP contribution >= 0.6 is 11.6 Å². The van der Waals surface area contributed by atoms with E-state index in [1.165, 1.54) is 25.7 Å². The first-order chi connectivity index (χ1) is 10.8. The minimum absolute atomic E-state index is 0.273. The smallest absolute Gasteiger partial charge is 0.231 e. The molecule has 4 nitrogen and oxygen atoms in total. The van der Waals surface area contributed by atoms with E-state index in [0.29, 0.717) is 5.15 Å². The molecule has 0 spiro atoms. The molecular weight excluding hydrogens is 300 g/mol. The van der Waals surface area contributed by atoms with Crippen LogP contribution in [0.15, 0.2) is 18.2 Å². The van der Waals surface area contributed by atoms with Crippen LogP contribution in [0.5, 0.6) is 11.5 Å². The number of nitrogens with one attached hydrogen (secondary N) is 1. The van der Waals surface area contributed by atoms with Gasteiger partial charge in [0.25, 0.3) is 0 Å². The number of pyridine rings is 1. The molecule has 1 aliphatic carbocycles. The van der Waals surface area contributed by atoms with Crippen LogP contribution in [0.2, 0.25) is 5.15 Å². The van der Waals surface area contributed by atoms with E-state index in [2.05, 4.69) is 16.4 Å². The molecule has 0 unspecified atom stereocenters. The van der Waals surface area contributed by atoms with Gasteiger partial charge in [-0.05, 0) is 37.4 Å². The van der Waals surface area contributed by atoms with Crippen molar-refractivity contribution >= 4 is 22.5 Å². The average molecular weight is 319 g/mol. The quantitative estimate of drug-likeness (QED) is 0.868. The highest BCUT2D eigenvalue weighted by Gasteiger charge is 2.17. The fourth-order valence-corrected chi connectivity index (χ4v) is 3.55. The van der Waals surface area contributed by atoms with Crippen LogP contribution in [0.3, 0.4) is 0 Å². The van der Waals surface area contributed by atoms with Gasteiger partial charge in [-0.15, -0.1) is 0 Å². The first-order valence-corrected chi connectivity index (χ1v) is 8.27. The highest BCUT2D eigenvalue weighted by molar-refractivity contribution is 6.30. The van der Waals surface area contributed by atoms with Crippen molar-refractivity contribution in [1.82, 2.24) is 10.3 Å². The number of aromatic nitrogens is 1. The molecule has 4 rings (SSSR count). The molecule has 0 amide bonds. The third-order valence-electron chi connectivity index (χ3n) is 4.56. The Morgan fingerprint density at radius 1 is 1.14 bits per heavy atom. The van der Waals surface area contributed by atoms with Crippen molar-refractivity contribution in [2.24, 2.45) is 5.92 Å². The van der Waals surface area contributed by atoms with Gasteiger partial charge in [0.1, 0.15) is 5.15 Å². The van der Waals surface area contributed by atoms with Crippen molar-refractivity contribution < 1.29 is 9.47 Å². The van der Waals surface area contributed by atoms with Gasteiger partial charge >= 0.3 is 0 Å². The van der Waals surface area contributed by atoms with Crippen LogP contribution in [-0.4, -0.2) is 18.3 Å². The van der Waals surface area contributed by atoms with Gasteiger partial charge in [-0.25, -0.2) is 4.98 Å². The van der Waals surface area contributed by atoms with Crippen LogP contribution in [-0.2, 0) is 6.54 Å². The van der Waals surface area contributed by atoms with Crippen LogP contribution in [0.25, 0.3) is 10.9 Å². The van der Waals surface area contributed by atoms with Gasteiger partial charge in [-0.2, -0.15) is 0 Å². The molecule has 22 heavy (non-hydrogen) atoms. The maximum Gasteiger partial charge on any atom is 0.231 e. The molecule has 1 fully saturated rings. The second-order valence-corrected chi connectivity index (χ2v) is 6.48. The van der Waals surface area contributed by atoms with E-state index in [9.17, 15) is 0 Å². The predicted molar refractivity (Wildman–Crippen MR) is 86.5 cm³/mol. The molecule has 5 heteroatoms. The van der Waals surface area contributed by atoms with E-state index in [1.807, 2.05) is 12.1 Å². The number of ether oxygens (including phenoxy) is 2. The van der Waals surface area contributed by atoms with Crippen molar-refractivity contribution in [2.75, 3.05) is 13.3 Å². The molecule has 2 aliphatic rings. The second-order valence-electron chi connectivity index (χ2n) is 6.12. The predicted octanol–water partition coefficient (Wildman–Crippen LogP) is 3.90. The first kappa shape index (κ1) is 14.1. The Kier molecular flexibility index (Phi) is 3.80. The SMILES string of the molecule is Clc1nc2cc3c(cc2cc1CNCC1CCCC1)OCO3. The summed E-state index contributed by atoms with van der Waals surface area (Å²) in [4.78, 5) is 4.49. The molecule has 0 radical (unpaired) electrons. The van der Waals surface area contributed by atoms with E-state index >= 15 is 0 Å². The fraction of sp³-hybridized carbons (Fsp3) is 0.471. The Balaban J connectivity index is 1.52. The normalized spacial score (nSPS) is 17.5. The molecule has 0 saturated heterocycles. The zero-order chi connectivity index (χ0) is 14.9. The average Bonchev–Trinajstić information content (AvgIpc) is 3.16. The summed E-state index contributed by atoms with van der Waals surface area (Å²) in [7, 11) is 0. The van der Waals surface area contributed by atoms with Crippen LogP contribution < -0.4 is 14.8 Å². The number of nitrogens with zero attached hydrogens (tertiary/aromatic N) is 1. The van der Waals surface area contributed by atoms with Gasteiger partial charge in [0.05, 0.1) is 5.52 Å². The van der Waals surface area contributed by atoms with Crippen molar-refractivity contribution in [2.45, 2.75) is 32.2 Å².